The van der Waals surface area contributed by atoms with E-state index in [2.05, 4.69) is 11.7 Å². The molecule has 102 valence electrons. The Labute approximate surface area is 112 Å². The molecular weight excluding hydrogens is 252 g/mol. The van der Waals surface area contributed by atoms with Gasteiger partial charge in [0.05, 0.1) is 18.8 Å². The summed E-state index contributed by atoms with van der Waals surface area (Å²) in [4.78, 5) is 18.0. The van der Waals surface area contributed by atoms with E-state index in [0.29, 0.717) is 12.2 Å². The smallest absolute Gasteiger partial charge is 0.410 e. The Kier molecular flexibility index (Phi) is 4.81. The molecule has 0 aromatic heterocycles. The molecule has 0 aromatic carbocycles. The van der Waals surface area contributed by atoms with E-state index in [-0.39, 0.29) is 6.54 Å². The molecule has 1 aliphatic heterocycles. The number of carbonyl (C=O) groups is 1. The third-order valence-electron chi connectivity index (χ3n) is 2.38. The summed E-state index contributed by atoms with van der Waals surface area (Å²) < 4.78 is 5.27. The number of amides is 1. The number of aliphatic hydroxyl groups is 1. The number of ether oxygens (including phenoxy) is 1. The molecule has 0 aliphatic carbocycles. The van der Waals surface area contributed by atoms with Gasteiger partial charge in [-0.1, -0.05) is 0 Å². The summed E-state index contributed by atoms with van der Waals surface area (Å²) >= 11 is 1.43. The number of aliphatic imine (C=N–C) groups is 1. The van der Waals surface area contributed by atoms with Crippen molar-refractivity contribution >= 4 is 24.6 Å². The Morgan fingerprint density at radius 1 is 1.61 bits per heavy atom. The normalized spacial score (nSPS) is 20.9. The fourth-order valence-corrected chi connectivity index (χ4v) is 2.37. The molecule has 1 amide bonds. The van der Waals surface area contributed by atoms with Crippen molar-refractivity contribution in [3.8, 4) is 0 Å². The second-order valence-corrected chi connectivity index (χ2v) is 5.90. The molecule has 1 unspecified atom stereocenters. The predicted octanol–water partition coefficient (Wildman–Crippen LogP) is 1.87. The van der Waals surface area contributed by atoms with Crippen LogP contribution in [-0.4, -0.2) is 53.9 Å². The molecule has 1 atom stereocenters. The SMILES string of the molecule is C=NC1=C(SC)C(O)CN(C(=O)OC(C)(C)C)C1. The molecule has 5 nitrogen and oxygen atoms in total. The number of hydrogen-bond acceptors (Lipinski definition) is 5. The van der Waals surface area contributed by atoms with Gasteiger partial charge in [0, 0.05) is 4.91 Å². The minimum atomic E-state index is -0.721. The molecule has 0 saturated heterocycles. The molecule has 1 N–H and O–H groups in total. The van der Waals surface area contributed by atoms with E-state index in [1.165, 1.54) is 16.7 Å². The van der Waals surface area contributed by atoms with E-state index >= 15 is 0 Å². The lowest BCUT2D eigenvalue weighted by Crippen LogP contribution is -2.45. The van der Waals surface area contributed by atoms with Gasteiger partial charge < -0.3 is 9.84 Å². The highest BCUT2D eigenvalue weighted by atomic mass is 32.2. The van der Waals surface area contributed by atoms with Gasteiger partial charge in [-0.2, -0.15) is 0 Å². The van der Waals surface area contributed by atoms with Crippen LogP contribution in [0.5, 0.6) is 0 Å². The topological polar surface area (TPSA) is 62.1 Å². The molecule has 1 rings (SSSR count). The molecular formula is C12H20N2O3S. The lowest BCUT2D eigenvalue weighted by molar-refractivity contribution is 0.0176. The van der Waals surface area contributed by atoms with Gasteiger partial charge in [-0.25, -0.2) is 4.79 Å². The third-order valence-corrected chi connectivity index (χ3v) is 3.33. The maximum Gasteiger partial charge on any atom is 0.410 e. The molecule has 0 radical (unpaired) electrons. The van der Waals surface area contributed by atoms with Crippen LogP contribution in [0.15, 0.2) is 15.6 Å². The van der Waals surface area contributed by atoms with Crippen LogP contribution in [0.4, 0.5) is 4.79 Å². The van der Waals surface area contributed by atoms with Gasteiger partial charge in [0.1, 0.15) is 11.7 Å². The van der Waals surface area contributed by atoms with Crippen LogP contribution < -0.4 is 0 Å². The fourth-order valence-electron chi connectivity index (χ4n) is 1.65. The van der Waals surface area contributed by atoms with Gasteiger partial charge in [-0.05, 0) is 33.7 Å². The largest absolute Gasteiger partial charge is 0.444 e. The van der Waals surface area contributed by atoms with Crippen molar-refractivity contribution in [2.24, 2.45) is 4.99 Å². The molecule has 0 fully saturated rings. The van der Waals surface area contributed by atoms with Crippen LogP contribution in [0.1, 0.15) is 20.8 Å². The lowest BCUT2D eigenvalue weighted by Gasteiger charge is -2.33. The number of β-amino-alcohol motifs (C(OH)–C–C–N with tert-alkyl or cyclic N) is 1. The molecule has 1 aliphatic rings. The van der Waals surface area contributed by atoms with Crippen LogP contribution >= 0.6 is 11.8 Å². The maximum absolute atomic E-state index is 11.9. The third kappa shape index (κ3) is 3.74. The van der Waals surface area contributed by atoms with Crippen LogP contribution in [0, 0.1) is 0 Å². The molecule has 0 aromatic rings. The second kappa shape index (κ2) is 5.75. The van der Waals surface area contributed by atoms with E-state index in [9.17, 15) is 9.90 Å². The van der Waals surface area contributed by atoms with Crippen molar-refractivity contribution < 1.29 is 14.6 Å². The first-order chi connectivity index (χ1) is 8.28. The summed E-state index contributed by atoms with van der Waals surface area (Å²) in [5, 5.41) is 9.97. The van der Waals surface area contributed by atoms with Gasteiger partial charge in [-0.3, -0.25) is 9.89 Å². The van der Waals surface area contributed by atoms with Crippen molar-refractivity contribution in [1.29, 1.82) is 0 Å². The molecule has 18 heavy (non-hydrogen) atoms. The van der Waals surface area contributed by atoms with Crippen molar-refractivity contribution in [1.82, 2.24) is 4.90 Å². The maximum atomic E-state index is 11.9. The first kappa shape index (κ1) is 15.0. The average molecular weight is 272 g/mol. The molecule has 0 bridgehead atoms. The monoisotopic (exact) mass is 272 g/mol. The van der Waals surface area contributed by atoms with E-state index < -0.39 is 17.8 Å². The van der Waals surface area contributed by atoms with Crippen LogP contribution in [0.3, 0.4) is 0 Å². The van der Waals surface area contributed by atoms with Crippen molar-refractivity contribution in [3.05, 3.63) is 10.6 Å². The van der Waals surface area contributed by atoms with Crippen LogP contribution in [0.25, 0.3) is 0 Å². The molecule has 6 heteroatoms. The van der Waals surface area contributed by atoms with Gasteiger partial charge in [0.15, 0.2) is 0 Å². The standard InChI is InChI=1S/C12H20N2O3S/c1-12(2,3)17-11(16)14-6-8(13-4)10(18-5)9(15)7-14/h9,15H,4,6-7H2,1-3,5H3. The predicted molar refractivity (Wildman–Crippen MR) is 73.9 cm³/mol. The highest BCUT2D eigenvalue weighted by molar-refractivity contribution is 8.02. The first-order valence-corrected chi connectivity index (χ1v) is 6.90. The van der Waals surface area contributed by atoms with Crippen LogP contribution in [0.2, 0.25) is 0 Å². The summed E-state index contributed by atoms with van der Waals surface area (Å²) in [6.45, 7) is 9.45. The number of nitrogens with zero attached hydrogens (tertiary/aromatic N) is 2. The molecule has 0 spiro atoms. The van der Waals surface area contributed by atoms with Gasteiger partial charge in [0.2, 0.25) is 0 Å². The summed E-state index contributed by atoms with van der Waals surface area (Å²) in [6, 6.07) is 0. The van der Waals surface area contributed by atoms with E-state index in [1.807, 2.05) is 6.26 Å². The molecule has 0 saturated carbocycles. The Hall–Kier alpha value is -1.01. The van der Waals surface area contributed by atoms with E-state index in [4.69, 9.17) is 4.74 Å². The zero-order valence-electron chi connectivity index (χ0n) is 11.3. The zero-order chi connectivity index (χ0) is 13.9. The first-order valence-electron chi connectivity index (χ1n) is 5.68. The summed E-state index contributed by atoms with van der Waals surface area (Å²) in [5.74, 6) is 0. The van der Waals surface area contributed by atoms with Crippen LogP contribution in [-0.2, 0) is 4.74 Å². The number of carbonyl (C=O) groups excluding carboxylic acids is 1. The Balaban J connectivity index is 2.82. The Morgan fingerprint density at radius 2 is 2.22 bits per heavy atom. The summed E-state index contributed by atoms with van der Waals surface area (Å²) in [6.07, 6.45) is 0.706. The molecule has 1 heterocycles. The number of thioether (sulfide) groups is 1. The number of hydrogen-bond donors (Lipinski definition) is 1. The summed E-state index contributed by atoms with van der Waals surface area (Å²) in [7, 11) is 0. The lowest BCUT2D eigenvalue weighted by atomic mass is 10.1. The second-order valence-electron chi connectivity index (χ2n) is 5.05. The Morgan fingerprint density at radius 3 is 2.67 bits per heavy atom. The number of rotatable bonds is 2. The van der Waals surface area contributed by atoms with Crippen molar-refractivity contribution in [2.45, 2.75) is 32.5 Å². The minimum Gasteiger partial charge on any atom is -0.444 e. The quantitative estimate of drug-likeness (QED) is 0.780. The Bertz CT molecular complexity index is 374. The van der Waals surface area contributed by atoms with E-state index in [0.717, 1.165) is 4.91 Å². The summed E-state index contributed by atoms with van der Waals surface area (Å²) in [5.41, 5.74) is 0.0833. The van der Waals surface area contributed by atoms with Gasteiger partial charge >= 0.3 is 6.09 Å². The highest BCUT2D eigenvalue weighted by Gasteiger charge is 2.31. The van der Waals surface area contributed by atoms with Crippen molar-refractivity contribution in [3.63, 3.8) is 0 Å². The zero-order valence-corrected chi connectivity index (χ0v) is 12.1. The van der Waals surface area contributed by atoms with Gasteiger partial charge in [-0.15, -0.1) is 11.8 Å². The van der Waals surface area contributed by atoms with E-state index in [1.54, 1.807) is 20.8 Å². The van der Waals surface area contributed by atoms with Crippen molar-refractivity contribution in [2.75, 3.05) is 19.3 Å². The minimum absolute atomic E-state index is 0.226. The highest BCUT2D eigenvalue weighted by Crippen LogP contribution is 2.28. The number of aliphatic hydroxyl groups excluding tert-OH is 1. The fraction of sp³-hybridized carbons (Fsp3) is 0.667. The average Bonchev–Trinajstić information content (AvgIpc) is 2.25. The van der Waals surface area contributed by atoms with Gasteiger partial charge in [0.25, 0.3) is 0 Å².